The summed E-state index contributed by atoms with van der Waals surface area (Å²) in [5, 5.41) is 10.5. The predicted octanol–water partition coefficient (Wildman–Crippen LogP) is 3.39. The van der Waals surface area contributed by atoms with Crippen molar-refractivity contribution in [1.82, 2.24) is 0 Å². The van der Waals surface area contributed by atoms with Crippen molar-refractivity contribution in [3.05, 3.63) is 64.7 Å². The number of hydrogen-bond acceptors (Lipinski definition) is 2. The van der Waals surface area contributed by atoms with Gasteiger partial charge < -0.3 is 9.84 Å². The van der Waals surface area contributed by atoms with Gasteiger partial charge in [0.15, 0.2) is 0 Å². The van der Waals surface area contributed by atoms with E-state index in [0.29, 0.717) is 0 Å². The Morgan fingerprint density at radius 2 is 1.72 bits per heavy atom. The first-order valence-electron chi connectivity index (χ1n) is 6.01. The van der Waals surface area contributed by atoms with E-state index in [9.17, 15) is 5.11 Å². The molecule has 1 atom stereocenters. The van der Waals surface area contributed by atoms with E-state index in [2.05, 4.69) is 0 Å². The van der Waals surface area contributed by atoms with Gasteiger partial charge in [0.2, 0.25) is 0 Å². The van der Waals surface area contributed by atoms with Crippen molar-refractivity contribution < 1.29 is 9.84 Å². The highest BCUT2D eigenvalue weighted by molar-refractivity contribution is 5.44. The lowest BCUT2D eigenvalue weighted by Crippen LogP contribution is -2.04. The lowest BCUT2D eigenvalue weighted by molar-refractivity contribution is 0.214. The standard InChI is InChI=1S/C16H18O2/c1-11-8-9-15(18-3)14(10-11)16(17)13-7-5-4-6-12(13)2/h4-10,16-17H,1-3H3. The highest BCUT2D eigenvalue weighted by Gasteiger charge is 2.16. The molecule has 0 aliphatic heterocycles. The lowest BCUT2D eigenvalue weighted by Gasteiger charge is -2.17. The van der Waals surface area contributed by atoms with Crippen molar-refractivity contribution in [2.75, 3.05) is 7.11 Å². The number of rotatable bonds is 3. The Labute approximate surface area is 108 Å². The molecule has 0 saturated heterocycles. The first kappa shape index (κ1) is 12.7. The van der Waals surface area contributed by atoms with Crippen LogP contribution in [0.15, 0.2) is 42.5 Å². The molecule has 0 bridgehead atoms. The van der Waals surface area contributed by atoms with E-state index in [-0.39, 0.29) is 0 Å². The molecule has 0 spiro atoms. The molecule has 2 heteroatoms. The van der Waals surface area contributed by atoms with E-state index in [1.165, 1.54) is 0 Å². The molecule has 0 amide bonds. The summed E-state index contributed by atoms with van der Waals surface area (Å²) in [6.45, 7) is 4.01. The van der Waals surface area contributed by atoms with Crippen LogP contribution < -0.4 is 4.74 Å². The van der Waals surface area contributed by atoms with Crippen molar-refractivity contribution in [2.24, 2.45) is 0 Å². The summed E-state index contributed by atoms with van der Waals surface area (Å²) >= 11 is 0. The van der Waals surface area contributed by atoms with Gasteiger partial charge in [0.1, 0.15) is 11.9 Å². The molecular formula is C16H18O2. The van der Waals surface area contributed by atoms with E-state index in [0.717, 1.165) is 28.0 Å². The van der Waals surface area contributed by atoms with E-state index < -0.39 is 6.10 Å². The zero-order chi connectivity index (χ0) is 13.1. The van der Waals surface area contributed by atoms with Crippen LogP contribution in [0.4, 0.5) is 0 Å². The number of aryl methyl sites for hydroxylation is 2. The molecule has 1 unspecified atom stereocenters. The summed E-state index contributed by atoms with van der Waals surface area (Å²) in [6.07, 6.45) is -0.652. The second-order valence-corrected chi connectivity index (χ2v) is 4.50. The monoisotopic (exact) mass is 242 g/mol. The molecule has 0 saturated carbocycles. The third-order valence-corrected chi connectivity index (χ3v) is 3.16. The second-order valence-electron chi connectivity index (χ2n) is 4.50. The second kappa shape index (κ2) is 5.23. The average Bonchev–Trinajstić information content (AvgIpc) is 2.38. The maximum Gasteiger partial charge on any atom is 0.125 e. The Morgan fingerprint density at radius 1 is 1.00 bits per heavy atom. The van der Waals surface area contributed by atoms with Gasteiger partial charge in [0.25, 0.3) is 0 Å². The topological polar surface area (TPSA) is 29.5 Å². The maximum atomic E-state index is 10.5. The molecule has 0 aromatic heterocycles. The van der Waals surface area contributed by atoms with Gasteiger partial charge in [-0.3, -0.25) is 0 Å². The van der Waals surface area contributed by atoms with Crippen molar-refractivity contribution in [3.63, 3.8) is 0 Å². The number of benzene rings is 2. The van der Waals surface area contributed by atoms with Gasteiger partial charge in [-0.15, -0.1) is 0 Å². The molecule has 2 aromatic rings. The van der Waals surface area contributed by atoms with E-state index in [4.69, 9.17) is 4.74 Å². The normalized spacial score (nSPS) is 12.2. The minimum absolute atomic E-state index is 0.652. The molecule has 1 N–H and O–H groups in total. The van der Waals surface area contributed by atoms with Gasteiger partial charge in [-0.2, -0.15) is 0 Å². The molecular weight excluding hydrogens is 224 g/mol. The van der Waals surface area contributed by atoms with Crippen LogP contribution in [-0.4, -0.2) is 12.2 Å². The Morgan fingerprint density at radius 3 is 2.39 bits per heavy atom. The molecule has 18 heavy (non-hydrogen) atoms. The summed E-state index contributed by atoms with van der Waals surface area (Å²) in [7, 11) is 1.62. The lowest BCUT2D eigenvalue weighted by atomic mass is 9.96. The smallest absolute Gasteiger partial charge is 0.125 e. The van der Waals surface area contributed by atoms with Gasteiger partial charge in [-0.1, -0.05) is 35.9 Å². The van der Waals surface area contributed by atoms with E-state index in [1.54, 1.807) is 7.11 Å². The van der Waals surface area contributed by atoms with Crippen molar-refractivity contribution in [1.29, 1.82) is 0 Å². The Hall–Kier alpha value is -1.80. The van der Waals surface area contributed by atoms with Crippen LogP contribution in [0.1, 0.15) is 28.4 Å². The molecule has 0 aliphatic carbocycles. The minimum Gasteiger partial charge on any atom is -0.496 e. The number of ether oxygens (including phenoxy) is 1. The summed E-state index contributed by atoms with van der Waals surface area (Å²) in [6, 6.07) is 13.7. The predicted molar refractivity (Wildman–Crippen MR) is 73.0 cm³/mol. The van der Waals surface area contributed by atoms with Crippen LogP contribution in [0.3, 0.4) is 0 Å². The molecule has 0 aliphatic rings. The first-order valence-corrected chi connectivity index (χ1v) is 6.01. The fraction of sp³-hybridized carbons (Fsp3) is 0.250. The van der Waals surface area contributed by atoms with Crippen LogP contribution in [0.2, 0.25) is 0 Å². The van der Waals surface area contributed by atoms with Gasteiger partial charge >= 0.3 is 0 Å². The fourth-order valence-corrected chi connectivity index (χ4v) is 2.13. The zero-order valence-corrected chi connectivity index (χ0v) is 11.0. The first-order chi connectivity index (χ1) is 8.63. The van der Waals surface area contributed by atoms with E-state index in [1.807, 2.05) is 56.3 Å². The summed E-state index contributed by atoms with van der Waals surface area (Å²) in [5.74, 6) is 0.719. The van der Waals surface area contributed by atoms with Crippen molar-refractivity contribution in [3.8, 4) is 5.75 Å². The Kier molecular flexibility index (Phi) is 3.68. The van der Waals surface area contributed by atoms with Crippen LogP contribution in [0.5, 0.6) is 5.75 Å². The molecule has 2 rings (SSSR count). The van der Waals surface area contributed by atoms with Gasteiger partial charge in [-0.05, 0) is 37.1 Å². The van der Waals surface area contributed by atoms with Crippen LogP contribution in [0.25, 0.3) is 0 Å². The largest absolute Gasteiger partial charge is 0.496 e. The molecule has 2 nitrogen and oxygen atoms in total. The molecule has 0 fully saturated rings. The number of methoxy groups -OCH3 is 1. The van der Waals surface area contributed by atoms with Gasteiger partial charge in [0, 0.05) is 5.56 Å². The summed E-state index contributed by atoms with van der Waals surface area (Å²) in [4.78, 5) is 0. The highest BCUT2D eigenvalue weighted by Crippen LogP contribution is 2.32. The average molecular weight is 242 g/mol. The number of hydrogen-bond donors (Lipinski definition) is 1. The van der Waals surface area contributed by atoms with Crippen LogP contribution >= 0.6 is 0 Å². The molecule has 0 radical (unpaired) electrons. The maximum absolute atomic E-state index is 10.5. The molecule has 2 aromatic carbocycles. The third-order valence-electron chi connectivity index (χ3n) is 3.16. The summed E-state index contributed by atoms with van der Waals surface area (Å²) < 4.78 is 5.32. The highest BCUT2D eigenvalue weighted by atomic mass is 16.5. The van der Waals surface area contributed by atoms with Gasteiger partial charge in [-0.25, -0.2) is 0 Å². The molecule has 0 heterocycles. The summed E-state index contributed by atoms with van der Waals surface area (Å²) in [5.41, 5.74) is 3.92. The number of aliphatic hydroxyl groups excluding tert-OH is 1. The number of aliphatic hydroxyl groups is 1. The van der Waals surface area contributed by atoms with E-state index >= 15 is 0 Å². The quantitative estimate of drug-likeness (QED) is 0.894. The van der Waals surface area contributed by atoms with Gasteiger partial charge in [0.05, 0.1) is 7.11 Å². The SMILES string of the molecule is COc1ccc(C)cc1C(O)c1ccccc1C. The van der Waals surface area contributed by atoms with Crippen molar-refractivity contribution >= 4 is 0 Å². The van der Waals surface area contributed by atoms with Crippen LogP contribution in [0, 0.1) is 13.8 Å². The zero-order valence-electron chi connectivity index (χ0n) is 11.0. The minimum atomic E-state index is -0.652. The third kappa shape index (κ3) is 2.39. The Balaban J connectivity index is 2.48. The van der Waals surface area contributed by atoms with Crippen LogP contribution in [-0.2, 0) is 0 Å². The molecule has 94 valence electrons. The van der Waals surface area contributed by atoms with Crippen molar-refractivity contribution in [2.45, 2.75) is 20.0 Å². The fourth-order valence-electron chi connectivity index (χ4n) is 2.13. The Bertz CT molecular complexity index is 547.